The van der Waals surface area contributed by atoms with Gasteiger partial charge in [0, 0.05) is 33.7 Å². The van der Waals surface area contributed by atoms with Crippen LogP contribution in [0.25, 0.3) is 0 Å². The van der Waals surface area contributed by atoms with Crippen molar-refractivity contribution in [1.29, 1.82) is 0 Å². The van der Waals surface area contributed by atoms with Gasteiger partial charge in [-0.2, -0.15) is 4.31 Å². The fraction of sp³-hybridized carbons (Fsp3) is 0.350. The lowest BCUT2D eigenvalue weighted by Crippen LogP contribution is -2.47. The molecule has 27 heavy (non-hydrogen) atoms. The summed E-state index contributed by atoms with van der Waals surface area (Å²) in [6.45, 7) is 1.20. The van der Waals surface area contributed by atoms with Crippen molar-refractivity contribution < 1.29 is 13.2 Å². The molecule has 0 aliphatic carbocycles. The van der Waals surface area contributed by atoms with Crippen LogP contribution in [0.2, 0.25) is 0 Å². The highest BCUT2D eigenvalue weighted by molar-refractivity contribution is 7.89. The van der Waals surface area contributed by atoms with Gasteiger partial charge in [0.2, 0.25) is 10.0 Å². The quantitative estimate of drug-likeness (QED) is 0.798. The van der Waals surface area contributed by atoms with Crippen LogP contribution in [0.4, 0.5) is 4.79 Å². The van der Waals surface area contributed by atoms with Crippen LogP contribution in [0.5, 0.6) is 0 Å². The number of urea groups is 1. The van der Waals surface area contributed by atoms with E-state index in [0.717, 1.165) is 11.1 Å². The van der Waals surface area contributed by atoms with Gasteiger partial charge in [0.1, 0.15) is 0 Å². The molecule has 2 amide bonds. The number of hydrogen-bond donors (Lipinski definition) is 0. The third kappa shape index (κ3) is 2.73. The monoisotopic (exact) mass is 385 g/mol. The van der Waals surface area contributed by atoms with Gasteiger partial charge in [-0.1, -0.05) is 48.5 Å². The van der Waals surface area contributed by atoms with Gasteiger partial charge in [-0.25, -0.2) is 13.2 Å². The van der Waals surface area contributed by atoms with Crippen LogP contribution in [-0.4, -0.2) is 55.7 Å². The molecule has 0 aromatic heterocycles. The number of hydrogen-bond acceptors (Lipinski definition) is 3. The Bertz CT molecular complexity index is 975. The Morgan fingerprint density at radius 1 is 1.07 bits per heavy atom. The van der Waals surface area contributed by atoms with Crippen LogP contribution in [0.3, 0.4) is 0 Å². The largest absolute Gasteiger partial charge is 0.331 e. The zero-order valence-corrected chi connectivity index (χ0v) is 16.3. The number of likely N-dealkylation sites (tertiary alicyclic amines) is 1. The Hall–Kier alpha value is -2.38. The third-order valence-electron chi connectivity index (χ3n) is 5.50. The van der Waals surface area contributed by atoms with Crippen molar-refractivity contribution in [2.75, 3.05) is 27.2 Å². The first-order valence-corrected chi connectivity index (χ1v) is 10.4. The van der Waals surface area contributed by atoms with Crippen LogP contribution < -0.4 is 0 Å². The highest BCUT2D eigenvalue weighted by Crippen LogP contribution is 2.50. The highest BCUT2D eigenvalue weighted by Gasteiger charge is 2.57. The topological polar surface area (TPSA) is 60.9 Å². The van der Waals surface area contributed by atoms with Gasteiger partial charge in [0.05, 0.1) is 10.4 Å². The van der Waals surface area contributed by atoms with Gasteiger partial charge in [0.15, 0.2) is 0 Å². The number of benzene rings is 2. The van der Waals surface area contributed by atoms with E-state index in [2.05, 4.69) is 0 Å². The molecule has 1 atom stereocenters. The summed E-state index contributed by atoms with van der Waals surface area (Å²) in [6.07, 6.45) is 0.593. The minimum atomic E-state index is -3.62. The Morgan fingerprint density at radius 3 is 2.44 bits per heavy atom. The lowest BCUT2D eigenvalue weighted by molar-refractivity contribution is 0.161. The predicted molar refractivity (Wildman–Crippen MR) is 103 cm³/mol. The second kappa shape index (κ2) is 6.35. The van der Waals surface area contributed by atoms with Crippen LogP contribution in [0.1, 0.15) is 17.5 Å². The molecule has 142 valence electrons. The molecule has 1 saturated heterocycles. The van der Waals surface area contributed by atoms with Gasteiger partial charge in [-0.15, -0.1) is 0 Å². The summed E-state index contributed by atoms with van der Waals surface area (Å²) in [5.41, 5.74) is 1.03. The Balaban J connectivity index is 1.80. The maximum atomic E-state index is 13.4. The number of fused-ring (bicyclic) bond motifs is 2. The summed E-state index contributed by atoms with van der Waals surface area (Å²) in [7, 11) is -0.191. The lowest BCUT2D eigenvalue weighted by atomic mass is 9.88. The minimum Gasteiger partial charge on any atom is -0.331 e. The average Bonchev–Trinajstić information content (AvgIpc) is 3.18. The summed E-state index contributed by atoms with van der Waals surface area (Å²) in [5, 5.41) is 0. The fourth-order valence-corrected chi connectivity index (χ4v) is 6.26. The molecular formula is C20H23N3O3S. The van der Waals surface area contributed by atoms with E-state index in [9.17, 15) is 13.2 Å². The van der Waals surface area contributed by atoms with E-state index in [1.807, 2.05) is 42.5 Å². The summed E-state index contributed by atoms with van der Waals surface area (Å²) < 4.78 is 28.3. The normalized spacial score (nSPS) is 23.6. The zero-order valence-electron chi connectivity index (χ0n) is 15.5. The molecule has 2 aliphatic rings. The molecule has 0 N–H and O–H groups in total. The van der Waals surface area contributed by atoms with Crippen molar-refractivity contribution in [1.82, 2.24) is 14.1 Å². The molecule has 2 aromatic carbocycles. The number of amides is 2. The SMILES string of the molecule is CN(C)C(=O)N1CCC2(C1)c1ccccc1S(=O)(=O)N2Cc1ccccc1. The molecule has 6 nitrogen and oxygen atoms in total. The van der Waals surface area contributed by atoms with Crippen molar-refractivity contribution in [2.24, 2.45) is 0 Å². The molecule has 2 aliphatic heterocycles. The lowest BCUT2D eigenvalue weighted by Gasteiger charge is -2.34. The minimum absolute atomic E-state index is 0.0895. The number of sulfonamides is 1. The Kier molecular flexibility index (Phi) is 4.24. The van der Waals surface area contributed by atoms with E-state index >= 15 is 0 Å². The van der Waals surface area contributed by atoms with Crippen molar-refractivity contribution in [3.05, 3.63) is 65.7 Å². The molecule has 0 radical (unpaired) electrons. The van der Waals surface area contributed by atoms with E-state index in [0.29, 0.717) is 31.0 Å². The maximum absolute atomic E-state index is 13.4. The summed E-state index contributed by atoms with van der Waals surface area (Å²) in [5.74, 6) is 0. The van der Waals surface area contributed by atoms with Gasteiger partial charge in [-0.3, -0.25) is 0 Å². The molecule has 0 bridgehead atoms. The first kappa shape index (κ1) is 18.0. The van der Waals surface area contributed by atoms with Crippen LogP contribution in [0, 0.1) is 0 Å². The van der Waals surface area contributed by atoms with E-state index in [4.69, 9.17) is 0 Å². The number of nitrogens with zero attached hydrogens (tertiary/aromatic N) is 3. The van der Waals surface area contributed by atoms with Gasteiger partial charge >= 0.3 is 6.03 Å². The molecule has 0 saturated carbocycles. The standard InChI is InChI=1S/C20H23N3O3S/c1-21(2)19(24)22-13-12-20(15-22)17-10-6-7-11-18(17)27(25,26)23(20)14-16-8-4-3-5-9-16/h3-11H,12-15H2,1-2H3. The molecule has 4 rings (SSSR count). The summed E-state index contributed by atoms with van der Waals surface area (Å²) in [4.78, 5) is 16.2. The van der Waals surface area contributed by atoms with E-state index in [-0.39, 0.29) is 6.03 Å². The van der Waals surface area contributed by atoms with E-state index in [1.54, 1.807) is 35.4 Å². The van der Waals surface area contributed by atoms with Crippen molar-refractivity contribution in [3.63, 3.8) is 0 Å². The van der Waals surface area contributed by atoms with E-state index in [1.165, 1.54) is 4.90 Å². The average molecular weight is 385 g/mol. The number of carbonyl (C=O) groups excluding carboxylic acids is 1. The van der Waals surface area contributed by atoms with E-state index < -0.39 is 15.6 Å². The molecule has 2 heterocycles. The van der Waals surface area contributed by atoms with Gasteiger partial charge in [0.25, 0.3) is 0 Å². The third-order valence-corrected chi connectivity index (χ3v) is 7.47. The first-order chi connectivity index (χ1) is 12.9. The number of rotatable bonds is 2. The fourth-order valence-electron chi connectivity index (χ4n) is 4.21. The molecule has 1 unspecified atom stereocenters. The van der Waals surface area contributed by atoms with Crippen molar-refractivity contribution in [2.45, 2.75) is 23.4 Å². The molecule has 2 aromatic rings. The smallest absolute Gasteiger partial charge is 0.319 e. The van der Waals surface area contributed by atoms with Crippen LogP contribution in [0.15, 0.2) is 59.5 Å². The number of carbonyl (C=O) groups is 1. The van der Waals surface area contributed by atoms with Gasteiger partial charge in [-0.05, 0) is 23.6 Å². The van der Waals surface area contributed by atoms with Gasteiger partial charge < -0.3 is 9.80 Å². The summed E-state index contributed by atoms with van der Waals surface area (Å²) in [6, 6.07) is 16.7. The van der Waals surface area contributed by atoms with Crippen LogP contribution in [-0.2, 0) is 22.1 Å². The summed E-state index contributed by atoms with van der Waals surface area (Å²) >= 11 is 0. The Morgan fingerprint density at radius 2 is 1.74 bits per heavy atom. The predicted octanol–water partition coefficient (Wildman–Crippen LogP) is 2.47. The van der Waals surface area contributed by atoms with Crippen molar-refractivity contribution >= 4 is 16.1 Å². The molecule has 1 spiro atoms. The maximum Gasteiger partial charge on any atom is 0.319 e. The Labute approximate surface area is 160 Å². The second-order valence-corrected chi connectivity index (χ2v) is 9.20. The molecule has 7 heteroatoms. The van der Waals surface area contributed by atoms with Crippen LogP contribution >= 0.6 is 0 Å². The molecule has 1 fully saturated rings. The zero-order chi connectivity index (χ0) is 19.2. The highest BCUT2D eigenvalue weighted by atomic mass is 32.2. The molecular weight excluding hydrogens is 362 g/mol. The van der Waals surface area contributed by atoms with Crippen molar-refractivity contribution in [3.8, 4) is 0 Å². The first-order valence-electron chi connectivity index (χ1n) is 8.99. The second-order valence-electron chi connectivity index (χ2n) is 7.37.